The van der Waals surface area contributed by atoms with Crippen LogP contribution in [0.2, 0.25) is 0 Å². The highest BCUT2D eigenvalue weighted by Crippen LogP contribution is 2.41. The third kappa shape index (κ3) is 4.08. The maximum atomic E-state index is 14.8. The highest BCUT2D eigenvalue weighted by Gasteiger charge is 2.50. The number of hydrogen-bond acceptors (Lipinski definition) is 5. The molecule has 0 radical (unpaired) electrons. The lowest BCUT2D eigenvalue weighted by atomic mass is 9.78. The zero-order chi connectivity index (χ0) is 27.0. The maximum absolute atomic E-state index is 14.8. The Bertz CT molecular complexity index is 1510. The van der Waals surface area contributed by atoms with Gasteiger partial charge in [0.15, 0.2) is 17.3 Å². The number of hydrogen-bond donors (Lipinski definition) is 1. The average Bonchev–Trinajstić information content (AvgIpc) is 3.60. The van der Waals surface area contributed by atoms with E-state index in [0.29, 0.717) is 44.3 Å². The van der Waals surface area contributed by atoms with Gasteiger partial charge in [-0.3, -0.25) is 14.2 Å². The molecule has 2 saturated heterocycles. The van der Waals surface area contributed by atoms with Crippen molar-refractivity contribution in [1.29, 1.82) is 0 Å². The van der Waals surface area contributed by atoms with E-state index < -0.39 is 58.2 Å². The maximum Gasteiger partial charge on any atom is 0.408 e. The van der Waals surface area contributed by atoms with Gasteiger partial charge in [-0.05, 0) is 30.9 Å². The molecule has 0 bridgehead atoms. The van der Waals surface area contributed by atoms with Crippen LogP contribution >= 0.6 is 0 Å². The highest BCUT2D eigenvalue weighted by atomic mass is 19.4. The van der Waals surface area contributed by atoms with Crippen LogP contribution < -0.4 is 15.6 Å². The summed E-state index contributed by atoms with van der Waals surface area (Å²) in [6.07, 6.45) is -3.49. The van der Waals surface area contributed by atoms with Crippen molar-refractivity contribution in [3.63, 3.8) is 0 Å². The summed E-state index contributed by atoms with van der Waals surface area (Å²) in [6, 6.07) is 1.44. The van der Waals surface area contributed by atoms with Gasteiger partial charge in [0.25, 0.3) is 5.91 Å². The first-order chi connectivity index (χ1) is 18.0. The summed E-state index contributed by atoms with van der Waals surface area (Å²) >= 11 is 0. The number of ether oxygens (including phenoxy) is 1. The fourth-order valence-corrected chi connectivity index (χ4v) is 5.08. The van der Waals surface area contributed by atoms with E-state index in [9.17, 15) is 35.9 Å². The summed E-state index contributed by atoms with van der Waals surface area (Å²) in [7, 11) is 0. The topological polar surface area (TPSA) is 76.5 Å². The number of fused-ring (bicyclic) bond motifs is 1. The van der Waals surface area contributed by atoms with Crippen LogP contribution in [0.25, 0.3) is 16.7 Å². The van der Waals surface area contributed by atoms with Crippen molar-refractivity contribution < 1.29 is 37.3 Å². The van der Waals surface area contributed by atoms with Crippen molar-refractivity contribution in [3.8, 4) is 5.69 Å². The Labute approximate surface area is 212 Å². The van der Waals surface area contributed by atoms with E-state index in [1.165, 1.54) is 12.1 Å². The summed E-state index contributed by atoms with van der Waals surface area (Å²) in [5.41, 5.74) is -2.80. The number of halogens is 6. The first kappa shape index (κ1) is 24.7. The molecule has 38 heavy (non-hydrogen) atoms. The average molecular weight is 540 g/mol. The SMILES string of the molecule is O=C(N[C@@H](C1CC1)C(F)(F)F)c1cn(-c2c(F)cc(F)cc2F)c2nc(N3CC4(COC4)C3)ccc2c1=O.[HH]. The van der Waals surface area contributed by atoms with Gasteiger partial charge in [0, 0.05) is 32.8 Å². The molecule has 202 valence electrons. The molecule has 1 aliphatic carbocycles. The summed E-state index contributed by atoms with van der Waals surface area (Å²) in [5, 5.41) is 1.61. The molecular formula is C25H22F6N4O3. The lowest BCUT2D eigenvalue weighted by molar-refractivity contribution is -0.158. The monoisotopic (exact) mass is 540 g/mol. The first-order valence-corrected chi connectivity index (χ1v) is 11.9. The van der Waals surface area contributed by atoms with Crippen LogP contribution in [0.15, 0.2) is 35.3 Å². The number of alkyl halides is 3. The lowest BCUT2D eigenvalue weighted by Crippen LogP contribution is -2.66. The van der Waals surface area contributed by atoms with Crippen LogP contribution in [-0.2, 0) is 4.74 Å². The molecule has 1 saturated carbocycles. The smallest absolute Gasteiger partial charge is 0.380 e. The number of pyridine rings is 2. The molecule has 3 aliphatic rings. The van der Waals surface area contributed by atoms with Gasteiger partial charge in [-0.25, -0.2) is 18.2 Å². The minimum Gasteiger partial charge on any atom is -0.380 e. The van der Waals surface area contributed by atoms with Crippen LogP contribution in [0.1, 0.15) is 24.6 Å². The van der Waals surface area contributed by atoms with E-state index in [2.05, 4.69) is 4.98 Å². The van der Waals surface area contributed by atoms with E-state index in [1.807, 2.05) is 10.2 Å². The molecule has 0 unspecified atom stereocenters. The molecule has 7 nitrogen and oxygen atoms in total. The predicted octanol–water partition coefficient (Wildman–Crippen LogP) is 3.96. The van der Waals surface area contributed by atoms with E-state index in [1.54, 1.807) is 0 Å². The number of nitrogens with one attached hydrogen (secondary N) is 1. The van der Waals surface area contributed by atoms with Crippen LogP contribution in [0.4, 0.5) is 32.2 Å². The quantitative estimate of drug-likeness (QED) is 0.496. The molecule has 6 rings (SSSR count). The van der Waals surface area contributed by atoms with Gasteiger partial charge in [-0.15, -0.1) is 0 Å². The van der Waals surface area contributed by atoms with Crippen molar-refractivity contribution in [2.45, 2.75) is 25.1 Å². The molecule has 13 heteroatoms. The minimum absolute atomic E-state index is 0. The van der Waals surface area contributed by atoms with Crippen LogP contribution in [0.5, 0.6) is 0 Å². The van der Waals surface area contributed by atoms with E-state index in [0.717, 1.165) is 10.8 Å². The third-order valence-electron chi connectivity index (χ3n) is 7.23. The molecular weight excluding hydrogens is 518 g/mol. The molecule has 1 spiro atoms. The molecule has 2 aromatic heterocycles. The van der Waals surface area contributed by atoms with Crippen molar-refractivity contribution in [1.82, 2.24) is 14.9 Å². The van der Waals surface area contributed by atoms with Crippen molar-refractivity contribution >= 4 is 22.8 Å². The molecule has 2 aliphatic heterocycles. The van der Waals surface area contributed by atoms with Crippen molar-refractivity contribution in [3.05, 3.63) is 63.7 Å². The Morgan fingerprint density at radius 2 is 1.79 bits per heavy atom. The minimum atomic E-state index is -4.75. The van der Waals surface area contributed by atoms with E-state index >= 15 is 0 Å². The van der Waals surface area contributed by atoms with E-state index in [4.69, 9.17) is 4.74 Å². The van der Waals surface area contributed by atoms with Crippen LogP contribution in [-0.4, -0.2) is 54.0 Å². The predicted molar refractivity (Wildman–Crippen MR) is 125 cm³/mol. The summed E-state index contributed by atoms with van der Waals surface area (Å²) in [4.78, 5) is 32.5. The molecule has 1 N–H and O–H groups in total. The second-order valence-electron chi connectivity index (χ2n) is 10.2. The Morgan fingerprint density at radius 1 is 1.13 bits per heavy atom. The fraction of sp³-hybridized carbons (Fsp3) is 0.400. The zero-order valence-electron chi connectivity index (χ0n) is 19.6. The lowest BCUT2D eigenvalue weighted by Gasteiger charge is -2.55. The number of aromatic nitrogens is 2. The summed E-state index contributed by atoms with van der Waals surface area (Å²) in [5.74, 6) is -5.69. The van der Waals surface area contributed by atoms with E-state index in [-0.39, 0.29) is 30.7 Å². The molecule has 1 atom stereocenters. The number of carbonyl (C=O) groups is 1. The number of nitrogens with zero attached hydrogens (tertiary/aromatic N) is 3. The van der Waals surface area contributed by atoms with Gasteiger partial charge in [-0.1, -0.05) is 0 Å². The fourth-order valence-electron chi connectivity index (χ4n) is 5.08. The van der Waals surface area contributed by atoms with Gasteiger partial charge < -0.3 is 15.0 Å². The van der Waals surface area contributed by atoms with Crippen molar-refractivity contribution in [2.75, 3.05) is 31.2 Å². The Balaban J connectivity index is 0.00000308. The van der Waals surface area contributed by atoms with Gasteiger partial charge in [0.1, 0.15) is 28.9 Å². The highest BCUT2D eigenvalue weighted by molar-refractivity contribution is 5.97. The van der Waals surface area contributed by atoms with Crippen LogP contribution in [0, 0.1) is 28.8 Å². The number of anilines is 1. The summed E-state index contributed by atoms with van der Waals surface area (Å²) < 4.78 is 89.9. The van der Waals surface area contributed by atoms with Gasteiger partial charge in [-0.2, -0.15) is 13.2 Å². The molecule has 3 aromatic rings. The Kier molecular flexibility index (Phi) is 5.49. The number of amides is 1. The largest absolute Gasteiger partial charge is 0.408 e. The van der Waals surface area contributed by atoms with Gasteiger partial charge in [0.05, 0.1) is 24.0 Å². The number of rotatable bonds is 5. The zero-order valence-corrected chi connectivity index (χ0v) is 19.6. The molecule has 1 aromatic carbocycles. The Morgan fingerprint density at radius 3 is 2.34 bits per heavy atom. The third-order valence-corrected chi connectivity index (χ3v) is 7.23. The summed E-state index contributed by atoms with van der Waals surface area (Å²) in [6.45, 7) is 2.39. The standard InChI is InChI=1S/C25H20F6N4O3.H2/c26-13-5-16(27)19(17(28)6-13)35-7-15(23(37)33-21(12-1-2-12)25(29,30)31)20(36)14-3-4-18(32-22(14)35)34-8-24(9-34)10-38-11-24;/h3-7,12,21H,1-2,8-11H2,(H,33,37);1H/t21-;/m0./s1. The molecule has 4 heterocycles. The first-order valence-electron chi connectivity index (χ1n) is 11.9. The number of benzene rings is 1. The second kappa shape index (κ2) is 8.45. The van der Waals surface area contributed by atoms with Gasteiger partial charge in [0.2, 0.25) is 5.43 Å². The second-order valence-corrected chi connectivity index (χ2v) is 10.2. The number of carbonyl (C=O) groups excluding carboxylic acids is 1. The molecule has 3 fully saturated rings. The Hall–Kier alpha value is -3.61. The van der Waals surface area contributed by atoms with Gasteiger partial charge >= 0.3 is 6.18 Å². The normalized spacial score (nSPS) is 19.3. The molecule has 1 amide bonds. The van der Waals surface area contributed by atoms with Crippen LogP contribution in [0.3, 0.4) is 0 Å². The van der Waals surface area contributed by atoms with Crippen molar-refractivity contribution in [2.24, 2.45) is 11.3 Å².